The van der Waals surface area contributed by atoms with Gasteiger partial charge in [-0.1, -0.05) is 23.4 Å². The van der Waals surface area contributed by atoms with E-state index in [0.717, 1.165) is 30.3 Å². The molecular formula is C22H12F5N7. The third kappa shape index (κ3) is 4.12. The minimum Gasteiger partial charge on any atom is -0.219 e. The molecule has 2 aromatic heterocycles. The maximum atomic E-state index is 13.6. The predicted molar refractivity (Wildman–Crippen MR) is 110 cm³/mol. The summed E-state index contributed by atoms with van der Waals surface area (Å²) in [6.45, 7) is 0. The van der Waals surface area contributed by atoms with Gasteiger partial charge >= 0.3 is 6.18 Å². The number of nitrogens with zero attached hydrogens (tertiary/aromatic N) is 6. The molecule has 5 rings (SSSR count). The maximum absolute atomic E-state index is 13.6. The first-order valence-corrected chi connectivity index (χ1v) is 9.72. The summed E-state index contributed by atoms with van der Waals surface area (Å²) in [6, 6.07) is 12.8. The average Bonchev–Trinajstić information content (AvgIpc) is 3.50. The van der Waals surface area contributed by atoms with E-state index in [0.29, 0.717) is 22.4 Å². The number of hydrogen-bond donors (Lipinski definition) is 1. The van der Waals surface area contributed by atoms with Gasteiger partial charge in [-0.05, 0) is 52.7 Å². The molecule has 12 heteroatoms. The molecule has 0 unspecified atom stereocenters. The number of halogens is 5. The van der Waals surface area contributed by atoms with E-state index >= 15 is 0 Å². The summed E-state index contributed by atoms with van der Waals surface area (Å²) in [6.07, 6.45) is -2.96. The Morgan fingerprint density at radius 1 is 0.765 bits per heavy atom. The first kappa shape index (κ1) is 21.4. The van der Waals surface area contributed by atoms with Crippen molar-refractivity contribution in [3.05, 3.63) is 84.1 Å². The second kappa shape index (κ2) is 8.14. The summed E-state index contributed by atoms with van der Waals surface area (Å²) in [5.41, 5.74) is 1.73. The number of tetrazole rings is 1. The Balaban J connectivity index is 1.57. The second-order valence-electron chi connectivity index (χ2n) is 7.25. The van der Waals surface area contributed by atoms with Crippen LogP contribution in [0.25, 0.3) is 39.5 Å². The molecule has 1 N–H and O–H groups in total. The van der Waals surface area contributed by atoms with Gasteiger partial charge in [-0.25, -0.2) is 13.5 Å². The van der Waals surface area contributed by atoms with E-state index in [4.69, 9.17) is 0 Å². The van der Waals surface area contributed by atoms with Crippen molar-refractivity contribution < 1.29 is 22.0 Å². The molecule has 0 fully saturated rings. The molecule has 2 heterocycles. The molecule has 0 bridgehead atoms. The SMILES string of the molecule is Fc1cc(F)cc(-c2cn(-c3ccc(-c4ccc(C(F)(F)F)cc4)cc3-c3nn[nH]n3)nn2)c1. The van der Waals surface area contributed by atoms with E-state index in [-0.39, 0.29) is 17.1 Å². The fourth-order valence-electron chi connectivity index (χ4n) is 3.44. The maximum Gasteiger partial charge on any atom is 0.416 e. The lowest BCUT2D eigenvalue weighted by molar-refractivity contribution is -0.137. The van der Waals surface area contributed by atoms with Gasteiger partial charge in [0.1, 0.15) is 17.3 Å². The highest BCUT2D eigenvalue weighted by Gasteiger charge is 2.30. The predicted octanol–water partition coefficient (Wildman–Crippen LogP) is 5.08. The van der Waals surface area contributed by atoms with Gasteiger partial charge in [0.05, 0.1) is 17.4 Å². The number of rotatable bonds is 4. The molecule has 0 aliphatic heterocycles. The van der Waals surface area contributed by atoms with Crippen molar-refractivity contribution in [1.29, 1.82) is 0 Å². The minimum atomic E-state index is -4.44. The molecule has 0 spiro atoms. The number of hydrogen-bond acceptors (Lipinski definition) is 5. The molecule has 5 aromatic rings. The van der Waals surface area contributed by atoms with Gasteiger partial charge in [0.25, 0.3) is 0 Å². The Hall–Kier alpha value is -4.48. The number of aromatic nitrogens is 7. The Bertz CT molecular complexity index is 1440. The number of nitrogens with one attached hydrogen (secondary N) is 1. The molecule has 0 saturated heterocycles. The lowest BCUT2D eigenvalue weighted by Crippen LogP contribution is -2.04. The highest BCUT2D eigenvalue weighted by atomic mass is 19.4. The van der Waals surface area contributed by atoms with Crippen LogP contribution >= 0.6 is 0 Å². The highest BCUT2D eigenvalue weighted by Crippen LogP contribution is 2.33. The number of benzene rings is 3. The zero-order valence-corrected chi connectivity index (χ0v) is 16.9. The lowest BCUT2D eigenvalue weighted by atomic mass is 10.00. The van der Waals surface area contributed by atoms with Crippen LogP contribution in [0.3, 0.4) is 0 Å². The molecule has 170 valence electrons. The van der Waals surface area contributed by atoms with E-state index in [2.05, 4.69) is 30.9 Å². The monoisotopic (exact) mass is 469 g/mol. The Labute approximate surface area is 187 Å². The van der Waals surface area contributed by atoms with E-state index in [1.54, 1.807) is 18.2 Å². The van der Waals surface area contributed by atoms with E-state index < -0.39 is 23.4 Å². The Morgan fingerprint density at radius 3 is 2.12 bits per heavy atom. The summed E-state index contributed by atoms with van der Waals surface area (Å²) in [7, 11) is 0. The lowest BCUT2D eigenvalue weighted by Gasteiger charge is -2.11. The van der Waals surface area contributed by atoms with Crippen LogP contribution in [0.15, 0.2) is 66.9 Å². The van der Waals surface area contributed by atoms with Crippen LogP contribution in [0, 0.1) is 11.6 Å². The number of aromatic amines is 1. The van der Waals surface area contributed by atoms with Crippen molar-refractivity contribution in [3.63, 3.8) is 0 Å². The summed E-state index contributed by atoms with van der Waals surface area (Å²) in [5.74, 6) is -1.30. The molecule has 0 amide bonds. The van der Waals surface area contributed by atoms with Gasteiger partial charge in [0.2, 0.25) is 5.82 Å². The second-order valence-corrected chi connectivity index (χ2v) is 7.25. The summed E-state index contributed by atoms with van der Waals surface area (Å²) < 4.78 is 67.3. The van der Waals surface area contributed by atoms with Crippen LogP contribution < -0.4 is 0 Å². The van der Waals surface area contributed by atoms with Crippen molar-refractivity contribution in [2.24, 2.45) is 0 Å². The normalized spacial score (nSPS) is 11.7. The molecule has 0 atom stereocenters. The van der Waals surface area contributed by atoms with Gasteiger partial charge in [-0.2, -0.15) is 18.4 Å². The quantitative estimate of drug-likeness (QED) is 0.371. The number of H-pyrrole nitrogens is 1. The third-order valence-electron chi connectivity index (χ3n) is 5.03. The first-order chi connectivity index (χ1) is 16.3. The van der Waals surface area contributed by atoms with Crippen LogP contribution in [0.5, 0.6) is 0 Å². The molecule has 3 aromatic carbocycles. The zero-order valence-electron chi connectivity index (χ0n) is 16.9. The Kier molecular flexibility index (Phi) is 5.11. The highest BCUT2D eigenvalue weighted by molar-refractivity contribution is 5.76. The molecule has 0 radical (unpaired) electrons. The minimum absolute atomic E-state index is 0.200. The Morgan fingerprint density at radius 2 is 1.47 bits per heavy atom. The summed E-state index contributed by atoms with van der Waals surface area (Å²) in [5, 5.41) is 21.9. The molecule has 0 saturated carbocycles. The van der Waals surface area contributed by atoms with Crippen molar-refractivity contribution >= 4 is 0 Å². The largest absolute Gasteiger partial charge is 0.416 e. The topological polar surface area (TPSA) is 85.2 Å². The van der Waals surface area contributed by atoms with Crippen molar-refractivity contribution in [3.8, 4) is 39.5 Å². The molecule has 0 aliphatic carbocycles. The van der Waals surface area contributed by atoms with Crippen molar-refractivity contribution in [1.82, 2.24) is 35.6 Å². The molecular weight excluding hydrogens is 457 g/mol. The van der Waals surface area contributed by atoms with Crippen LogP contribution in [0.2, 0.25) is 0 Å². The van der Waals surface area contributed by atoms with Crippen molar-refractivity contribution in [2.45, 2.75) is 6.18 Å². The fraction of sp³-hybridized carbons (Fsp3) is 0.0455. The summed E-state index contributed by atoms with van der Waals surface area (Å²) in [4.78, 5) is 0. The summed E-state index contributed by atoms with van der Waals surface area (Å²) >= 11 is 0. The van der Waals surface area contributed by atoms with Gasteiger partial charge in [-0.15, -0.1) is 15.3 Å². The smallest absolute Gasteiger partial charge is 0.219 e. The fourth-order valence-corrected chi connectivity index (χ4v) is 3.44. The standard InChI is InChI=1S/C22H12F5N7/c23-16-7-14(8-17(24)10-16)19-11-34(33-28-19)20-6-3-13(9-18(20)21-29-31-32-30-21)12-1-4-15(5-2-12)22(25,26)27/h1-11H,(H,29,30,31,32). The zero-order chi connectivity index (χ0) is 23.9. The van der Waals surface area contributed by atoms with E-state index in [1.807, 2.05) is 0 Å². The van der Waals surface area contributed by atoms with Crippen LogP contribution in [0.1, 0.15) is 5.56 Å². The van der Waals surface area contributed by atoms with Crippen LogP contribution in [-0.2, 0) is 6.18 Å². The van der Waals surface area contributed by atoms with Gasteiger partial charge in [0.15, 0.2) is 0 Å². The number of alkyl halides is 3. The van der Waals surface area contributed by atoms with Gasteiger partial charge in [-0.3, -0.25) is 0 Å². The van der Waals surface area contributed by atoms with E-state index in [9.17, 15) is 22.0 Å². The van der Waals surface area contributed by atoms with Crippen LogP contribution in [0.4, 0.5) is 22.0 Å². The van der Waals surface area contributed by atoms with Gasteiger partial charge in [0, 0.05) is 17.2 Å². The van der Waals surface area contributed by atoms with Gasteiger partial charge < -0.3 is 0 Å². The average molecular weight is 469 g/mol. The molecule has 7 nitrogen and oxygen atoms in total. The van der Waals surface area contributed by atoms with Crippen molar-refractivity contribution in [2.75, 3.05) is 0 Å². The molecule has 0 aliphatic rings. The van der Waals surface area contributed by atoms with E-state index in [1.165, 1.54) is 23.0 Å². The molecule has 34 heavy (non-hydrogen) atoms. The first-order valence-electron chi connectivity index (χ1n) is 9.72. The van der Waals surface area contributed by atoms with Crippen LogP contribution in [-0.4, -0.2) is 35.6 Å². The third-order valence-corrected chi connectivity index (χ3v) is 5.03.